The van der Waals surface area contributed by atoms with Gasteiger partial charge in [-0.25, -0.2) is 0 Å². The first-order chi connectivity index (χ1) is 9.52. The molecule has 0 radical (unpaired) electrons. The van der Waals surface area contributed by atoms with Crippen molar-refractivity contribution in [3.8, 4) is 0 Å². The van der Waals surface area contributed by atoms with Gasteiger partial charge in [-0.2, -0.15) is 0 Å². The van der Waals surface area contributed by atoms with Crippen LogP contribution in [0.3, 0.4) is 0 Å². The first kappa shape index (κ1) is 16.0. The van der Waals surface area contributed by atoms with Crippen LogP contribution in [-0.4, -0.2) is 23.5 Å². The standard InChI is InChI=1S/C17H27BrN2/c1-4-16(19)17(14-7-9-15(18)10-8-14)20-11-12(2)5-6-13(20)3/h7-10,12-13,16-17H,4-6,11,19H2,1-3H3. The summed E-state index contributed by atoms with van der Waals surface area (Å²) in [5.74, 6) is 0.771. The lowest BCUT2D eigenvalue weighted by Crippen LogP contribution is -2.49. The molecule has 1 heterocycles. The Balaban J connectivity index is 2.29. The molecule has 0 aromatic heterocycles. The fourth-order valence-corrected chi connectivity index (χ4v) is 3.54. The second kappa shape index (κ2) is 7.06. The van der Waals surface area contributed by atoms with Gasteiger partial charge in [-0.15, -0.1) is 0 Å². The highest BCUT2D eigenvalue weighted by Crippen LogP contribution is 2.33. The van der Waals surface area contributed by atoms with E-state index in [0.717, 1.165) is 23.4 Å². The summed E-state index contributed by atoms with van der Waals surface area (Å²) in [6.45, 7) is 8.05. The van der Waals surface area contributed by atoms with E-state index in [0.29, 0.717) is 12.1 Å². The molecule has 2 nitrogen and oxygen atoms in total. The predicted molar refractivity (Wildman–Crippen MR) is 89.7 cm³/mol. The Hall–Kier alpha value is -0.380. The van der Waals surface area contributed by atoms with Crippen molar-refractivity contribution in [2.45, 2.75) is 58.2 Å². The van der Waals surface area contributed by atoms with Gasteiger partial charge in [0, 0.05) is 23.1 Å². The van der Waals surface area contributed by atoms with Gasteiger partial charge in [0.2, 0.25) is 0 Å². The van der Waals surface area contributed by atoms with E-state index in [1.54, 1.807) is 0 Å². The lowest BCUT2D eigenvalue weighted by atomic mass is 9.88. The van der Waals surface area contributed by atoms with Crippen LogP contribution in [0.5, 0.6) is 0 Å². The Bertz CT molecular complexity index is 418. The number of piperidine rings is 1. The maximum Gasteiger partial charge on any atom is 0.0502 e. The number of benzene rings is 1. The number of likely N-dealkylation sites (tertiary alicyclic amines) is 1. The van der Waals surface area contributed by atoms with Crippen molar-refractivity contribution in [2.24, 2.45) is 11.7 Å². The number of halogens is 1. The maximum atomic E-state index is 6.47. The molecular formula is C17H27BrN2. The average molecular weight is 339 g/mol. The van der Waals surface area contributed by atoms with E-state index < -0.39 is 0 Å². The zero-order chi connectivity index (χ0) is 14.7. The number of nitrogens with two attached hydrogens (primary N) is 1. The Morgan fingerprint density at radius 3 is 2.50 bits per heavy atom. The molecular weight excluding hydrogens is 312 g/mol. The number of hydrogen-bond acceptors (Lipinski definition) is 2. The van der Waals surface area contributed by atoms with Crippen LogP contribution in [0.4, 0.5) is 0 Å². The van der Waals surface area contributed by atoms with Crippen molar-refractivity contribution in [1.29, 1.82) is 0 Å². The SMILES string of the molecule is CCC(N)C(c1ccc(Br)cc1)N1CC(C)CCC1C. The highest BCUT2D eigenvalue weighted by Gasteiger charge is 2.32. The summed E-state index contributed by atoms with van der Waals surface area (Å²) in [6.07, 6.45) is 3.63. The molecule has 0 aliphatic carbocycles. The van der Waals surface area contributed by atoms with Gasteiger partial charge in [-0.05, 0) is 49.8 Å². The fourth-order valence-electron chi connectivity index (χ4n) is 3.28. The molecule has 4 atom stereocenters. The zero-order valence-corrected chi connectivity index (χ0v) is 14.4. The van der Waals surface area contributed by atoms with E-state index in [2.05, 4.69) is 65.9 Å². The summed E-state index contributed by atoms with van der Waals surface area (Å²) >= 11 is 3.52. The van der Waals surface area contributed by atoms with Crippen molar-refractivity contribution in [3.63, 3.8) is 0 Å². The summed E-state index contributed by atoms with van der Waals surface area (Å²) in [5, 5.41) is 0. The minimum Gasteiger partial charge on any atom is -0.326 e. The molecule has 1 fully saturated rings. The Morgan fingerprint density at radius 2 is 1.90 bits per heavy atom. The van der Waals surface area contributed by atoms with Crippen molar-refractivity contribution < 1.29 is 0 Å². The van der Waals surface area contributed by atoms with Crippen LogP contribution in [0.2, 0.25) is 0 Å². The normalized spacial score (nSPS) is 27.2. The highest BCUT2D eigenvalue weighted by atomic mass is 79.9. The van der Waals surface area contributed by atoms with Gasteiger partial charge in [0.05, 0.1) is 6.04 Å². The summed E-state index contributed by atoms with van der Waals surface area (Å²) in [5.41, 5.74) is 7.82. The molecule has 1 aliphatic rings. The molecule has 0 spiro atoms. The molecule has 0 saturated carbocycles. The van der Waals surface area contributed by atoms with Crippen LogP contribution >= 0.6 is 15.9 Å². The quantitative estimate of drug-likeness (QED) is 0.884. The van der Waals surface area contributed by atoms with Crippen molar-refractivity contribution in [2.75, 3.05) is 6.54 Å². The topological polar surface area (TPSA) is 29.3 Å². The Morgan fingerprint density at radius 1 is 1.25 bits per heavy atom. The minimum atomic E-state index is 0.198. The summed E-state index contributed by atoms with van der Waals surface area (Å²) in [4.78, 5) is 2.63. The third kappa shape index (κ3) is 3.63. The van der Waals surface area contributed by atoms with Gasteiger partial charge in [-0.1, -0.05) is 41.9 Å². The molecule has 0 bridgehead atoms. The fraction of sp³-hybridized carbons (Fsp3) is 0.647. The number of rotatable bonds is 4. The van der Waals surface area contributed by atoms with Crippen LogP contribution in [0, 0.1) is 5.92 Å². The number of nitrogens with zero attached hydrogens (tertiary/aromatic N) is 1. The van der Waals surface area contributed by atoms with Crippen LogP contribution in [0.15, 0.2) is 28.7 Å². The second-order valence-corrected chi connectivity index (χ2v) is 7.21. The monoisotopic (exact) mass is 338 g/mol. The van der Waals surface area contributed by atoms with Crippen LogP contribution < -0.4 is 5.73 Å². The summed E-state index contributed by atoms with van der Waals surface area (Å²) in [7, 11) is 0. The molecule has 1 saturated heterocycles. The molecule has 1 aliphatic heterocycles. The number of hydrogen-bond donors (Lipinski definition) is 1. The van der Waals surface area contributed by atoms with E-state index >= 15 is 0 Å². The molecule has 2 rings (SSSR count). The van der Waals surface area contributed by atoms with Crippen molar-refractivity contribution in [3.05, 3.63) is 34.3 Å². The lowest BCUT2D eigenvalue weighted by molar-refractivity contribution is 0.0625. The lowest BCUT2D eigenvalue weighted by Gasteiger charge is -2.44. The Kier molecular flexibility index (Phi) is 5.65. The van der Waals surface area contributed by atoms with E-state index in [1.807, 2.05) is 0 Å². The predicted octanol–water partition coefficient (Wildman–Crippen LogP) is 4.35. The van der Waals surface area contributed by atoms with Crippen LogP contribution in [0.25, 0.3) is 0 Å². The molecule has 4 unspecified atom stereocenters. The highest BCUT2D eigenvalue weighted by molar-refractivity contribution is 9.10. The maximum absolute atomic E-state index is 6.47. The average Bonchev–Trinajstić information content (AvgIpc) is 2.44. The first-order valence-electron chi connectivity index (χ1n) is 7.79. The van der Waals surface area contributed by atoms with Gasteiger partial charge < -0.3 is 5.73 Å². The second-order valence-electron chi connectivity index (χ2n) is 6.30. The van der Waals surface area contributed by atoms with Gasteiger partial charge in [0.15, 0.2) is 0 Å². The van der Waals surface area contributed by atoms with Crippen molar-refractivity contribution >= 4 is 15.9 Å². The third-order valence-corrected chi connectivity index (χ3v) is 5.14. The zero-order valence-electron chi connectivity index (χ0n) is 12.8. The van der Waals surface area contributed by atoms with Crippen LogP contribution in [-0.2, 0) is 0 Å². The largest absolute Gasteiger partial charge is 0.326 e. The summed E-state index contributed by atoms with van der Waals surface area (Å²) in [6, 6.07) is 9.85. The van der Waals surface area contributed by atoms with E-state index in [9.17, 15) is 0 Å². The van der Waals surface area contributed by atoms with Gasteiger partial charge >= 0.3 is 0 Å². The third-order valence-electron chi connectivity index (χ3n) is 4.61. The van der Waals surface area contributed by atoms with E-state index in [-0.39, 0.29) is 6.04 Å². The Labute approximate surface area is 131 Å². The molecule has 2 N–H and O–H groups in total. The molecule has 3 heteroatoms. The molecule has 112 valence electrons. The molecule has 1 aromatic rings. The molecule has 0 amide bonds. The van der Waals surface area contributed by atoms with Gasteiger partial charge in [0.1, 0.15) is 0 Å². The van der Waals surface area contributed by atoms with E-state index in [4.69, 9.17) is 5.73 Å². The smallest absolute Gasteiger partial charge is 0.0502 e. The van der Waals surface area contributed by atoms with Crippen molar-refractivity contribution in [1.82, 2.24) is 4.90 Å². The molecule has 1 aromatic carbocycles. The van der Waals surface area contributed by atoms with Gasteiger partial charge in [-0.3, -0.25) is 4.90 Å². The molecule has 20 heavy (non-hydrogen) atoms. The summed E-state index contributed by atoms with van der Waals surface area (Å²) < 4.78 is 1.13. The van der Waals surface area contributed by atoms with Gasteiger partial charge in [0.25, 0.3) is 0 Å². The first-order valence-corrected chi connectivity index (χ1v) is 8.59. The van der Waals surface area contributed by atoms with E-state index in [1.165, 1.54) is 18.4 Å². The minimum absolute atomic E-state index is 0.198. The van der Waals surface area contributed by atoms with Crippen LogP contribution in [0.1, 0.15) is 51.6 Å².